The van der Waals surface area contributed by atoms with Gasteiger partial charge in [0.15, 0.2) is 11.5 Å². The molecule has 0 spiro atoms. The third kappa shape index (κ3) is 4.41. The molecule has 0 unspecified atom stereocenters. The van der Waals surface area contributed by atoms with Gasteiger partial charge in [0.25, 0.3) is 0 Å². The van der Waals surface area contributed by atoms with Crippen LogP contribution in [0.1, 0.15) is 24.1 Å². The molecule has 1 aliphatic rings. The zero-order valence-corrected chi connectivity index (χ0v) is 14.0. The first kappa shape index (κ1) is 17.5. The van der Waals surface area contributed by atoms with Crippen LogP contribution in [0.15, 0.2) is 36.4 Å². The largest absolute Gasteiger partial charge is 0.497 e. The van der Waals surface area contributed by atoms with E-state index in [4.69, 9.17) is 4.74 Å². The van der Waals surface area contributed by atoms with Gasteiger partial charge >= 0.3 is 6.18 Å². The lowest BCUT2D eigenvalue weighted by Gasteiger charge is -2.32. The second-order valence-electron chi connectivity index (χ2n) is 6.26. The number of rotatable bonds is 4. The van der Waals surface area contributed by atoms with E-state index < -0.39 is 11.9 Å². The molecule has 2 heterocycles. The van der Waals surface area contributed by atoms with Gasteiger partial charge in [-0.25, -0.2) is 0 Å². The molecule has 1 fully saturated rings. The minimum atomic E-state index is -4.45. The average Bonchev–Trinajstić information content (AvgIpc) is 2.62. The number of benzene rings is 1. The highest BCUT2D eigenvalue weighted by Gasteiger charge is 2.33. The Morgan fingerprint density at radius 1 is 1.12 bits per heavy atom. The van der Waals surface area contributed by atoms with Crippen molar-refractivity contribution in [2.75, 3.05) is 25.1 Å². The summed E-state index contributed by atoms with van der Waals surface area (Å²) in [6.07, 6.45) is -1.53. The highest BCUT2D eigenvalue weighted by atomic mass is 19.4. The summed E-state index contributed by atoms with van der Waals surface area (Å²) in [7, 11) is 1.66. The van der Waals surface area contributed by atoms with Crippen LogP contribution in [-0.4, -0.2) is 30.4 Å². The summed E-state index contributed by atoms with van der Waals surface area (Å²) < 4.78 is 42.9. The fourth-order valence-electron chi connectivity index (χ4n) is 3.14. The number of anilines is 1. The quantitative estimate of drug-likeness (QED) is 0.836. The topological polar surface area (TPSA) is 38.2 Å². The van der Waals surface area contributed by atoms with E-state index >= 15 is 0 Å². The predicted octanol–water partition coefficient (Wildman–Crippen LogP) is 3.96. The lowest BCUT2D eigenvalue weighted by atomic mass is 9.90. The third-order valence-corrected chi connectivity index (χ3v) is 4.54. The number of alkyl halides is 3. The maximum absolute atomic E-state index is 12.5. The van der Waals surface area contributed by atoms with Crippen molar-refractivity contribution in [2.45, 2.75) is 25.4 Å². The van der Waals surface area contributed by atoms with E-state index in [0.717, 1.165) is 44.2 Å². The molecule has 2 aromatic rings. The fourth-order valence-corrected chi connectivity index (χ4v) is 3.14. The third-order valence-electron chi connectivity index (χ3n) is 4.54. The van der Waals surface area contributed by atoms with E-state index in [-0.39, 0.29) is 0 Å². The van der Waals surface area contributed by atoms with Crippen LogP contribution in [0.3, 0.4) is 0 Å². The minimum Gasteiger partial charge on any atom is -0.497 e. The number of ether oxygens (including phenoxy) is 1. The number of halogens is 3. The number of methoxy groups -OCH3 is 1. The number of piperidine rings is 1. The lowest BCUT2D eigenvalue weighted by Crippen LogP contribution is -2.35. The van der Waals surface area contributed by atoms with Gasteiger partial charge in [0.2, 0.25) is 0 Å². The van der Waals surface area contributed by atoms with E-state index in [1.54, 1.807) is 7.11 Å². The molecule has 25 heavy (non-hydrogen) atoms. The van der Waals surface area contributed by atoms with E-state index in [0.29, 0.717) is 11.7 Å². The Kier molecular flexibility index (Phi) is 5.11. The van der Waals surface area contributed by atoms with Crippen LogP contribution in [0.25, 0.3) is 0 Å². The molecular weight excluding hydrogens is 331 g/mol. The van der Waals surface area contributed by atoms with Gasteiger partial charge in [-0.2, -0.15) is 13.2 Å². The van der Waals surface area contributed by atoms with Gasteiger partial charge in [-0.05, 0) is 55.0 Å². The minimum absolute atomic E-state index is 0.507. The summed E-state index contributed by atoms with van der Waals surface area (Å²) in [5.41, 5.74) is 0.288. The fraction of sp³-hybridized carbons (Fsp3) is 0.444. The molecule has 7 heteroatoms. The van der Waals surface area contributed by atoms with Gasteiger partial charge < -0.3 is 9.64 Å². The van der Waals surface area contributed by atoms with Gasteiger partial charge in [0.1, 0.15) is 5.75 Å². The van der Waals surface area contributed by atoms with E-state index in [2.05, 4.69) is 16.3 Å². The Bertz CT molecular complexity index is 695. The van der Waals surface area contributed by atoms with Crippen molar-refractivity contribution < 1.29 is 17.9 Å². The van der Waals surface area contributed by atoms with Crippen molar-refractivity contribution in [2.24, 2.45) is 5.92 Å². The van der Waals surface area contributed by atoms with Crippen molar-refractivity contribution in [1.82, 2.24) is 10.2 Å². The van der Waals surface area contributed by atoms with Crippen LogP contribution in [0, 0.1) is 5.92 Å². The highest BCUT2D eigenvalue weighted by Crippen LogP contribution is 2.29. The van der Waals surface area contributed by atoms with Gasteiger partial charge in [0, 0.05) is 13.1 Å². The molecule has 1 aromatic heterocycles. The molecule has 1 aromatic carbocycles. The monoisotopic (exact) mass is 351 g/mol. The number of nitrogens with zero attached hydrogens (tertiary/aromatic N) is 3. The Morgan fingerprint density at radius 2 is 1.88 bits per heavy atom. The van der Waals surface area contributed by atoms with Gasteiger partial charge in [-0.3, -0.25) is 0 Å². The summed E-state index contributed by atoms with van der Waals surface area (Å²) in [5, 5.41) is 7.04. The Hall–Kier alpha value is -2.31. The van der Waals surface area contributed by atoms with Crippen LogP contribution < -0.4 is 9.64 Å². The summed E-state index contributed by atoms with van der Waals surface area (Å²) in [6.45, 7) is 1.54. The molecule has 0 bridgehead atoms. The normalized spacial score (nSPS) is 16.1. The van der Waals surface area contributed by atoms with Crippen LogP contribution in [0.2, 0.25) is 0 Å². The second-order valence-corrected chi connectivity index (χ2v) is 6.26. The first-order chi connectivity index (χ1) is 12.0. The molecule has 1 aliphatic heterocycles. The maximum atomic E-state index is 12.5. The molecule has 0 saturated carbocycles. The first-order valence-corrected chi connectivity index (χ1v) is 8.24. The van der Waals surface area contributed by atoms with Crippen molar-refractivity contribution >= 4 is 5.82 Å². The molecule has 0 aliphatic carbocycles. The summed E-state index contributed by atoms with van der Waals surface area (Å²) in [6, 6.07) is 10.4. The van der Waals surface area contributed by atoms with Gasteiger partial charge in [-0.15, -0.1) is 10.2 Å². The Labute approximate surface area is 144 Å². The van der Waals surface area contributed by atoms with Crippen molar-refractivity contribution in [3.05, 3.63) is 47.7 Å². The zero-order chi connectivity index (χ0) is 17.9. The van der Waals surface area contributed by atoms with E-state index in [1.165, 1.54) is 11.6 Å². The standard InChI is InChI=1S/C18H20F3N3O/c1-25-15-4-2-3-14(12-15)11-13-7-9-24(10-8-13)17-6-5-16(22-23-17)18(19,20)21/h2-6,12-13H,7-11H2,1H3. The van der Waals surface area contributed by atoms with Crippen molar-refractivity contribution in [1.29, 1.82) is 0 Å². The van der Waals surface area contributed by atoms with Crippen molar-refractivity contribution in [3.8, 4) is 5.75 Å². The molecule has 4 nitrogen and oxygen atoms in total. The SMILES string of the molecule is COc1cccc(CC2CCN(c3ccc(C(F)(F)F)nn3)CC2)c1. The summed E-state index contributed by atoms with van der Waals surface area (Å²) in [4.78, 5) is 2.00. The van der Waals surface area contributed by atoms with Crippen LogP contribution in [0.4, 0.5) is 19.0 Å². The smallest absolute Gasteiger partial charge is 0.435 e. The zero-order valence-electron chi connectivity index (χ0n) is 14.0. The number of aromatic nitrogens is 2. The van der Waals surface area contributed by atoms with E-state index in [1.807, 2.05) is 23.1 Å². The molecule has 134 valence electrons. The lowest BCUT2D eigenvalue weighted by molar-refractivity contribution is -0.141. The predicted molar refractivity (Wildman–Crippen MR) is 88.7 cm³/mol. The maximum Gasteiger partial charge on any atom is 0.435 e. The van der Waals surface area contributed by atoms with Crippen LogP contribution in [0.5, 0.6) is 5.75 Å². The summed E-state index contributed by atoms with van der Waals surface area (Å²) >= 11 is 0. The van der Waals surface area contributed by atoms with Crippen LogP contribution >= 0.6 is 0 Å². The average molecular weight is 351 g/mol. The van der Waals surface area contributed by atoms with Gasteiger partial charge in [0.05, 0.1) is 7.11 Å². The molecular formula is C18H20F3N3O. The Morgan fingerprint density at radius 3 is 2.48 bits per heavy atom. The molecule has 0 radical (unpaired) electrons. The first-order valence-electron chi connectivity index (χ1n) is 8.24. The molecule has 3 rings (SSSR count). The van der Waals surface area contributed by atoms with Crippen LogP contribution in [-0.2, 0) is 12.6 Å². The molecule has 0 amide bonds. The number of hydrogen-bond acceptors (Lipinski definition) is 4. The van der Waals surface area contributed by atoms with Gasteiger partial charge in [-0.1, -0.05) is 12.1 Å². The van der Waals surface area contributed by atoms with E-state index in [9.17, 15) is 13.2 Å². The van der Waals surface area contributed by atoms with Crippen molar-refractivity contribution in [3.63, 3.8) is 0 Å². The summed E-state index contributed by atoms with van der Waals surface area (Å²) in [5.74, 6) is 1.91. The molecule has 0 atom stereocenters. The molecule has 0 N–H and O–H groups in total. The number of hydrogen-bond donors (Lipinski definition) is 0. The Balaban J connectivity index is 1.56. The molecule has 1 saturated heterocycles. The second kappa shape index (κ2) is 7.29. The highest BCUT2D eigenvalue weighted by molar-refractivity contribution is 5.38.